The summed E-state index contributed by atoms with van der Waals surface area (Å²) in [6, 6.07) is -0.797. The van der Waals surface area contributed by atoms with Gasteiger partial charge in [0.05, 0.1) is 24.4 Å². The number of aliphatic hydroxyl groups is 1. The molecule has 1 saturated heterocycles. The summed E-state index contributed by atoms with van der Waals surface area (Å²) in [4.78, 5) is 57.4. The van der Waals surface area contributed by atoms with Crippen molar-refractivity contribution in [3.05, 3.63) is 27.2 Å². The molecular formula is C25H33N5O6. The molecule has 2 aromatic heterocycles. The third-order valence-electron chi connectivity index (χ3n) is 9.10. The van der Waals surface area contributed by atoms with Crippen LogP contribution < -0.4 is 11.2 Å². The second-order valence-corrected chi connectivity index (χ2v) is 11.5. The van der Waals surface area contributed by atoms with Gasteiger partial charge < -0.3 is 19.3 Å². The molecular weight excluding hydrogens is 466 g/mol. The van der Waals surface area contributed by atoms with Crippen LogP contribution in [0.1, 0.15) is 44.9 Å². The number of ether oxygens (including phenoxy) is 1. The molecule has 11 nitrogen and oxygen atoms in total. The van der Waals surface area contributed by atoms with Gasteiger partial charge in [-0.2, -0.15) is 0 Å². The van der Waals surface area contributed by atoms with Crippen LogP contribution in [0.5, 0.6) is 0 Å². The van der Waals surface area contributed by atoms with Crippen molar-refractivity contribution in [3.63, 3.8) is 0 Å². The number of imidazole rings is 1. The molecule has 1 N–H and O–H groups in total. The Morgan fingerprint density at radius 1 is 1.06 bits per heavy atom. The maximum absolute atomic E-state index is 13.8. The molecule has 4 aliphatic carbocycles. The molecule has 2 aromatic rings. The summed E-state index contributed by atoms with van der Waals surface area (Å²) in [5.74, 6) is 1.31. The third kappa shape index (κ3) is 3.54. The summed E-state index contributed by atoms with van der Waals surface area (Å²) in [7, 11) is 2.95. The lowest BCUT2D eigenvalue weighted by atomic mass is 9.49. The number of aryl methyl sites for hydroxylation is 1. The van der Waals surface area contributed by atoms with Crippen molar-refractivity contribution in [1.29, 1.82) is 0 Å². The van der Waals surface area contributed by atoms with Gasteiger partial charge in [-0.05, 0) is 56.3 Å². The topological polar surface area (TPSA) is 129 Å². The van der Waals surface area contributed by atoms with E-state index in [9.17, 15) is 24.3 Å². The van der Waals surface area contributed by atoms with Crippen molar-refractivity contribution in [1.82, 2.24) is 23.6 Å². The van der Waals surface area contributed by atoms with Crippen LogP contribution in [0.3, 0.4) is 0 Å². The van der Waals surface area contributed by atoms with Crippen molar-refractivity contribution in [2.45, 2.75) is 63.6 Å². The van der Waals surface area contributed by atoms with Crippen molar-refractivity contribution >= 4 is 23.0 Å². The van der Waals surface area contributed by atoms with E-state index in [1.54, 1.807) is 16.5 Å². The number of aromatic nitrogens is 4. The monoisotopic (exact) mass is 499 g/mol. The zero-order valence-electron chi connectivity index (χ0n) is 20.8. The smallest absolute Gasteiger partial charge is 0.332 e. The number of esters is 1. The molecule has 4 saturated carbocycles. The standard InChI is InChI=1S/C25H33N5O6/c1-27-20-19(21(32)28(2)24(27)35)29(13-26-20)3-4-36-22(33)18-8-17(31)12-30(18)23(34)25-9-14-5-15(10-25)7-16(6-14)11-25/h13-18,31H,3-12H2,1-2H3/t14?,15?,16?,17?,18-,25?/m0/s1. The molecule has 1 aliphatic heterocycles. The molecule has 2 atom stereocenters. The van der Waals surface area contributed by atoms with Crippen LogP contribution in [0.15, 0.2) is 15.9 Å². The minimum atomic E-state index is -0.797. The van der Waals surface area contributed by atoms with E-state index < -0.39 is 29.4 Å². The number of fused-ring (bicyclic) bond motifs is 1. The molecule has 11 heteroatoms. The van der Waals surface area contributed by atoms with Crippen LogP contribution in [0.2, 0.25) is 0 Å². The third-order valence-corrected chi connectivity index (χ3v) is 9.10. The van der Waals surface area contributed by atoms with Gasteiger partial charge in [0.2, 0.25) is 5.91 Å². The maximum atomic E-state index is 13.8. The zero-order valence-corrected chi connectivity index (χ0v) is 20.8. The molecule has 3 heterocycles. The Balaban J connectivity index is 1.15. The van der Waals surface area contributed by atoms with E-state index >= 15 is 0 Å². The molecule has 0 radical (unpaired) electrons. The van der Waals surface area contributed by atoms with Crippen molar-refractivity contribution in [2.75, 3.05) is 13.2 Å². The largest absolute Gasteiger partial charge is 0.462 e. The molecule has 36 heavy (non-hydrogen) atoms. The fourth-order valence-electron chi connectivity index (χ4n) is 7.85. The number of β-amino-alcohol motifs (C(OH)–C–C–N with tert-alkyl or cyclic N) is 1. The number of aliphatic hydroxyl groups excluding tert-OH is 1. The first-order valence-corrected chi connectivity index (χ1v) is 12.9. The molecule has 0 spiro atoms. The number of amides is 1. The first-order valence-electron chi connectivity index (χ1n) is 12.9. The molecule has 5 fully saturated rings. The first-order chi connectivity index (χ1) is 17.2. The lowest BCUT2D eigenvalue weighted by Gasteiger charge is -2.56. The second kappa shape index (κ2) is 8.29. The van der Waals surface area contributed by atoms with Gasteiger partial charge in [-0.3, -0.25) is 18.7 Å². The number of hydrogen-bond donors (Lipinski definition) is 1. The molecule has 0 aromatic carbocycles. The van der Waals surface area contributed by atoms with Crippen molar-refractivity contribution in [2.24, 2.45) is 37.3 Å². The Morgan fingerprint density at radius 2 is 1.69 bits per heavy atom. The van der Waals surface area contributed by atoms with E-state index in [1.165, 1.54) is 37.2 Å². The predicted molar refractivity (Wildman–Crippen MR) is 128 cm³/mol. The van der Waals surface area contributed by atoms with Crippen LogP contribution in [0.25, 0.3) is 11.2 Å². The Bertz CT molecular complexity index is 1320. The lowest BCUT2D eigenvalue weighted by Crippen LogP contribution is -2.56. The summed E-state index contributed by atoms with van der Waals surface area (Å²) in [6.45, 7) is 0.312. The molecule has 1 amide bonds. The van der Waals surface area contributed by atoms with Crippen LogP contribution in [-0.2, 0) is 35.0 Å². The van der Waals surface area contributed by atoms with Crippen LogP contribution >= 0.6 is 0 Å². The molecule has 194 valence electrons. The first kappa shape index (κ1) is 23.4. The highest BCUT2D eigenvalue weighted by molar-refractivity contribution is 5.89. The average Bonchev–Trinajstić information content (AvgIpc) is 3.44. The minimum Gasteiger partial charge on any atom is -0.462 e. The van der Waals surface area contributed by atoms with Gasteiger partial charge in [0.15, 0.2) is 11.2 Å². The molecule has 1 unspecified atom stereocenters. The van der Waals surface area contributed by atoms with Gasteiger partial charge in [0, 0.05) is 27.1 Å². The van der Waals surface area contributed by atoms with Gasteiger partial charge in [-0.25, -0.2) is 14.6 Å². The van der Waals surface area contributed by atoms with Crippen LogP contribution in [0, 0.1) is 23.2 Å². The fraction of sp³-hybridized carbons (Fsp3) is 0.720. The lowest BCUT2D eigenvalue weighted by molar-refractivity contribution is -0.165. The Labute approximate surface area is 207 Å². The average molecular weight is 500 g/mol. The Morgan fingerprint density at radius 3 is 2.33 bits per heavy atom. The summed E-state index contributed by atoms with van der Waals surface area (Å²) in [5, 5.41) is 10.4. The zero-order chi connectivity index (χ0) is 25.4. The van der Waals surface area contributed by atoms with E-state index in [2.05, 4.69) is 4.98 Å². The van der Waals surface area contributed by atoms with Crippen molar-refractivity contribution < 1.29 is 19.4 Å². The van der Waals surface area contributed by atoms with E-state index in [0.29, 0.717) is 17.8 Å². The van der Waals surface area contributed by atoms with Crippen LogP contribution in [-0.4, -0.2) is 65.9 Å². The predicted octanol–water partition coefficient (Wildman–Crippen LogP) is 0.155. The molecule has 5 aliphatic rings. The highest BCUT2D eigenvalue weighted by Crippen LogP contribution is 2.60. The van der Waals surface area contributed by atoms with E-state index in [1.807, 2.05) is 0 Å². The van der Waals surface area contributed by atoms with Gasteiger partial charge in [-0.15, -0.1) is 0 Å². The molecule has 4 bridgehead atoms. The van der Waals surface area contributed by atoms with Gasteiger partial charge in [0.25, 0.3) is 5.56 Å². The summed E-state index contributed by atoms with van der Waals surface area (Å²) < 4.78 is 9.42. The second-order valence-electron chi connectivity index (χ2n) is 11.5. The van der Waals surface area contributed by atoms with Crippen LogP contribution in [0.4, 0.5) is 0 Å². The highest BCUT2D eigenvalue weighted by atomic mass is 16.5. The summed E-state index contributed by atoms with van der Waals surface area (Å²) in [6.07, 6.45) is 7.24. The highest BCUT2D eigenvalue weighted by Gasteiger charge is 2.57. The minimum absolute atomic E-state index is 0.0186. The quantitative estimate of drug-likeness (QED) is 0.580. The number of hydrogen-bond acceptors (Lipinski definition) is 7. The van der Waals surface area contributed by atoms with E-state index in [4.69, 9.17) is 4.74 Å². The number of carbonyl (C=O) groups is 2. The summed E-state index contributed by atoms with van der Waals surface area (Å²) in [5.41, 5.74) is -0.800. The Hall–Kier alpha value is -2.95. The van der Waals surface area contributed by atoms with Gasteiger partial charge >= 0.3 is 11.7 Å². The number of carbonyl (C=O) groups excluding carboxylic acids is 2. The van der Waals surface area contributed by atoms with Crippen molar-refractivity contribution in [3.8, 4) is 0 Å². The number of nitrogens with zero attached hydrogens (tertiary/aromatic N) is 5. The number of likely N-dealkylation sites (tertiary alicyclic amines) is 1. The van der Waals surface area contributed by atoms with E-state index in [0.717, 1.165) is 23.8 Å². The fourth-order valence-corrected chi connectivity index (χ4v) is 7.85. The van der Waals surface area contributed by atoms with E-state index in [-0.39, 0.29) is 48.6 Å². The SMILES string of the molecule is Cn1c(=O)c2c(ncn2CCOC(=O)[C@@H]2CC(O)CN2C(=O)C23CC4CC(CC(C4)C2)C3)n(C)c1=O. The number of rotatable bonds is 5. The van der Waals surface area contributed by atoms with Gasteiger partial charge in [0.1, 0.15) is 12.6 Å². The van der Waals surface area contributed by atoms with Gasteiger partial charge in [-0.1, -0.05) is 0 Å². The summed E-state index contributed by atoms with van der Waals surface area (Å²) >= 11 is 0. The maximum Gasteiger partial charge on any atom is 0.332 e. The normalized spacial score (nSPS) is 33.0. The Kier molecular flexibility index (Phi) is 5.40. The molecule has 7 rings (SSSR count).